The third kappa shape index (κ3) is 4.39. The van der Waals surface area contributed by atoms with Crippen LogP contribution in [0.5, 0.6) is 0 Å². The smallest absolute Gasteiger partial charge is 0.316 e. The Hall–Kier alpha value is -5.06. The van der Waals surface area contributed by atoms with Crippen molar-refractivity contribution in [3.05, 3.63) is 89.4 Å². The number of carbonyl (C=O) groups is 3. The van der Waals surface area contributed by atoms with E-state index in [-0.39, 0.29) is 18.2 Å². The Labute approximate surface area is 236 Å². The molecular weight excluding hydrogens is 519 g/mol. The number of rotatable bonds is 5. The van der Waals surface area contributed by atoms with Crippen LogP contribution in [-0.2, 0) is 22.6 Å². The number of aryl methyl sites for hydroxylation is 1. The third-order valence-corrected chi connectivity index (χ3v) is 8.00. The molecule has 1 saturated heterocycles. The fraction of sp³-hybridized carbons (Fsp3) is 0.200. The Kier molecular flexibility index (Phi) is 5.99. The lowest BCUT2D eigenvalue weighted by molar-refractivity contribution is -0.136. The highest BCUT2D eigenvalue weighted by atomic mass is 16.4. The van der Waals surface area contributed by atoms with Gasteiger partial charge in [-0.2, -0.15) is 5.10 Å². The first-order chi connectivity index (χ1) is 20.0. The van der Waals surface area contributed by atoms with Crippen LogP contribution >= 0.6 is 0 Å². The van der Waals surface area contributed by atoms with Gasteiger partial charge in [-0.1, -0.05) is 47.0 Å². The molecule has 1 unspecified atom stereocenters. The minimum atomic E-state index is -0.649. The fourth-order valence-corrected chi connectivity index (χ4v) is 5.94. The lowest BCUT2D eigenvalue weighted by atomic mass is 9.81. The SMILES string of the molecule is O=C1CCC(N2Cc3ccc([B]n4cc(-c5ccc6c(c5)CC/C6=N\O)c(-c5ccncc5)n4)cc3C2=O)C(=O)N1. The van der Waals surface area contributed by atoms with Gasteiger partial charge in [0.1, 0.15) is 6.04 Å². The van der Waals surface area contributed by atoms with Crippen LogP contribution in [0, 0.1) is 0 Å². The van der Waals surface area contributed by atoms with Crippen molar-refractivity contribution in [2.75, 3.05) is 0 Å². The van der Waals surface area contributed by atoms with E-state index in [4.69, 9.17) is 5.10 Å². The zero-order valence-corrected chi connectivity index (χ0v) is 21.9. The maximum Gasteiger partial charge on any atom is 0.316 e. The summed E-state index contributed by atoms with van der Waals surface area (Å²) >= 11 is 0. The number of pyridine rings is 1. The van der Waals surface area contributed by atoms with E-state index >= 15 is 0 Å². The molecule has 11 heteroatoms. The Morgan fingerprint density at radius 3 is 2.56 bits per heavy atom. The average molecular weight is 543 g/mol. The molecule has 1 atom stereocenters. The number of benzene rings is 2. The summed E-state index contributed by atoms with van der Waals surface area (Å²) in [6, 6.07) is 15.0. The number of imide groups is 1. The van der Waals surface area contributed by atoms with Crippen LogP contribution in [0.25, 0.3) is 22.4 Å². The topological polar surface area (TPSA) is 130 Å². The first-order valence-corrected chi connectivity index (χ1v) is 13.4. The van der Waals surface area contributed by atoms with E-state index in [1.807, 2.05) is 56.1 Å². The van der Waals surface area contributed by atoms with E-state index in [9.17, 15) is 19.6 Å². The van der Waals surface area contributed by atoms with Gasteiger partial charge in [-0.15, -0.1) is 0 Å². The molecule has 1 aliphatic carbocycles. The van der Waals surface area contributed by atoms with E-state index in [0.717, 1.165) is 51.0 Å². The van der Waals surface area contributed by atoms with Gasteiger partial charge >= 0.3 is 7.41 Å². The summed E-state index contributed by atoms with van der Waals surface area (Å²) in [7, 11) is 1.86. The zero-order chi connectivity index (χ0) is 28.1. The number of amides is 3. The van der Waals surface area contributed by atoms with Crippen molar-refractivity contribution in [1.29, 1.82) is 0 Å². The van der Waals surface area contributed by atoms with Gasteiger partial charge in [-0.05, 0) is 48.1 Å². The molecule has 1 radical (unpaired) electrons. The molecule has 1 fully saturated rings. The number of fused-ring (bicyclic) bond motifs is 2. The van der Waals surface area contributed by atoms with Crippen molar-refractivity contribution < 1.29 is 19.6 Å². The number of oxime groups is 1. The summed E-state index contributed by atoms with van der Waals surface area (Å²) in [5.41, 5.74) is 8.62. The maximum absolute atomic E-state index is 13.3. The van der Waals surface area contributed by atoms with Crippen LogP contribution in [0.4, 0.5) is 0 Å². The third-order valence-electron chi connectivity index (χ3n) is 8.00. The fourth-order valence-electron chi connectivity index (χ4n) is 5.94. The minimum absolute atomic E-state index is 0.215. The largest absolute Gasteiger partial charge is 0.411 e. The number of aromatic nitrogens is 3. The second-order valence-electron chi connectivity index (χ2n) is 10.5. The Balaban J connectivity index is 1.19. The molecule has 2 aromatic carbocycles. The van der Waals surface area contributed by atoms with Crippen LogP contribution in [0.3, 0.4) is 0 Å². The van der Waals surface area contributed by atoms with Crippen molar-refractivity contribution in [2.45, 2.75) is 38.3 Å². The Bertz CT molecular complexity index is 1770. The standard InChI is InChI=1S/C30H24BN6O4/c38-27-8-7-26(29(39)33-27)36-15-20-1-4-21(14-23(20)30(36)40)31-37-16-24(28(34-37)17-9-11-32-12-10-17)19-2-5-22-18(13-19)3-6-25(22)35-41/h1-2,4-5,9-14,16,26,41H,3,6-8,15H2,(H,33,38,39)/b35-25+. The zero-order valence-electron chi connectivity index (χ0n) is 21.9. The van der Waals surface area contributed by atoms with Crippen LogP contribution < -0.4 is 10.8 Å². The predicted molar refractivity (Wildman–Crippen MR) is 151 cm³/mol. The number of nitrogens with one attached hydrogen (secondary N) is 1. The van der Waals surface area contributed by atoms with Gasteiger partial charge in [0.2, 0.25) is 11.8 Å². The number of hydrogen-bond donors (Lipinski definition) is 2. The Morgan fingerprint density at radius 1 is 0.902 bits per heavy atom. The molecule has 3 aliphatic rings. The first-order valence-electron chi connectivity index (χ1n) is 13.4. The molecule has 2 aromatic heterocycles. The Morgan fingerprint density at radius 2 is 1.76 bits per heavy atom. The second-order valence-corrected chi connectivity index (χ2v) is 10.5. The summed E-state index contributed by atoms with van der Waals surface area (Å²) in [4.78, 5) is 42.9. The van der Waals surface area contributed by atoms with Crippen molar-refractivity contribution >= 4 is 36.3 Å². The molecule has 201 valence electrons. The number of piperidine rings is 1. The van der Waals surface area contributed by atoms with Crippen molar-refractivity contribution in [1.82, 2.24) is 24.9 Å². The molecule has 4 aromatic rings. The molecule has 3 amide bonds. The summed E-state index contributed by atoms with van der Waals surface area (Å²) in [6.45, 7) is 0.333. The monoisotopic (exact) mass is 543 g/mol. The number of carbonyl (C=O) groups excluding carboxylic acids is 3. The van der Waals surface area contributed by atoms with Gasteiger partial charge in [0.15, 0.2) is 0 Å². The molecule has 2 aliphatic heterocycles. The van der Waals surface area contributed by atoms with E-state index in [0.29, 0.717) is 30.7 Å². The van der Waals surface area contributed by atoms with E-state index in [1.54, 1.807) is 21.9 Å². The predicted octanol–water partition coefficient (Wildman–Crippen LogP) is 2.29. The molecule has 2 N–H and O–H groups in total. The molecule has 7 rings (SSSR count). The lowest BCUT2D eigenvalue weighted by Crippen LogP contribution is -2.52. The summed E-state index contributed by atoms with van der Waals surface area (Å²) in [5.74, 6) is -0.943. The van der Waals surface area contributed by atoms with Crippen LogP contribution in [0.1, 0.15) is 46.3 Å². The van der Waals surface area contributed by atoms with Gasteiger partial charge < -0.3 is 14.7 Å². The molecular formula is C30H24BN6O4. The summed E-state index contributed by atoms with van der Waals surface area (Å²) in [5, 5.41) is 20.0. The van der Waals surface area contributed by atoms with Crippen molar-refractivity contribution in [2.24, 2.45) is 5.16 Å². The van der Waals surface area contributed by atoms with E-state index in [1.165, 1.54) is 0 Å². The minimum Gasteiger partial charge on any atom is -0.411 e. The highest BCUT2D eigenvalue weighted by Gasteiger charge is 2.39. The van der Waals surface area contributed by atoms with Crippen LogP contribution in [0.2, 0.25) is 0 Å². The molecule has 4 heterocycles. The summed E-state index contributed by atoms with van der Waals surface area (Å²) in [6.07, 6.45) is 7.48. The molecule has 0 spiro atoms. The number of nitrogens with zero attached hydrogens (tertiary/aromatic N) is 5. The summed E-state index contributed by atoms with van der Waals surface area (Å²) < 4.78 is 1.75. The van der Waals surface area contributed by atoms with Gasteiger partial charge in [-0.25, -0.2) is 0 Å². The lowest BCUT2D eigenvalue weighted by Gasteiger charge is -2.29. The first kappa shape index (κ1) is 24.9. The number of hydrogen-bond acceptors (Lipinski definition) is 7. The van der Waals surface area contributed by atoms with Crippen LogP contribution in [-0.4, -0.2) is 61.7 Å². The van der Waals surface area contributed by atoms with E-state index in [2.05, 4.69) is 21.5 Å². The maximum atomic E-state index is 13.3. The van der Waals surface area contributed by atoms with Gasteiger partial charge in [0.05, 0.1) is 11.4 Å². The van der Waals surface area contributed by atoms with Crippen molar-refractivity contribution in [3.63, 3.8) is 0 Å². The molecule has 41 heavy (non-hydrogen) atoms. The van der Waals surface area contributed by atoms with Gasteiger partial charge in [-0.3, -0.25) is 24.7 Å². The highest BCUT2D eigenvalue weighted by Crippen LogP contribution is 2.34. The quantitative estimate of drug-likeness (QED) is 0.172. The van der Waals surface area contributed by atoms with Gasteiger partial charge in [0.25, 0.3) is 5.91 Å². The average Bonchev–Trinajstić information content (AvgIpc) is 3.69. The highest BCUT2D eigenvalue weighted by molar-refractivity contribution is 6.51. The normalized spacial score (nSPS) is 18.9. The van der Waals surface area contributed by atoms with Gasteiger partial charge in [0, 0.05) is 53.8 Å². The second kappa shape index (κ2) is 9.85. The molecule has 10 nitrogen and oxygen atoms in total. The van der Waals surface area contributed by atoms with Crippen molar-refractivity contribution in [3.8, 4) is 22.4 Å². The van der Waals surface area contributed by atoms with Crippen LogP contribution in [0.15, 0.2) is 72.3 Å². The molecule has 0 bridgehead atoms. The molecule has 0 saturated carbocycles. The van der Waals surface area contributed by atoms with E-state index < -0.39 is 11.9 Å².